The summed E-state index contributed by atoms with van der Waals surface area (Å²) in [7, 11) is -9.96. The molecule has 0 rings (SSSR count). The Kier molecular flexibility index (Phi) is 70.8. The summed E-state index contributed by atoms with van der Waals surface area (Å²) in [6.07, 6.45) is 75.5. The molecule has 0 aromatic heterocycles. The fraction of sp³-hybridized carbons (Fsp3) is 0.778. The van der Waals surface area contributed by atoms with Crippen molar-refractivity contribution in [2.75, 3.05) is 39.6 Å². The van der Waals surface area contributed by atoms with Crippen molar-refractivity contribution < 1.29 is 80.2 Å². The van der Waals surface area contributed by atoms with Gasteiger partial charge in [-0.1, -0.05) is 267 Å². The number of phosphoric acid groups is 2. The summed E-state index contributed by atoms with van der Waals surface area (Å²) in [6.45, 7) is 4.78. The van der Waals surface area contributed by atoms with Crippen LogP contribution in [0, 0.1) is 0 Å². The lowest BCUT2D eigenvalue weighted by atomic mass is 10.1. The molecule has 17 nitrogen and oxygen atoms in total. The van der Waals surface area contributed by atoms with Crippen molar-refractivity contribution in [1.82, 2.24) is 0 Å². The van der Waals surface area contributed by atoms with Gasteiger partial charge in [-0.25, -0.2) is 9.13 Å². The Balaban J connectivity index is 5.38. The molecule has 0 aromatic rings. The Hall–Kier alpha value is -3.76. The van der Waals surface area contributed by atoms with Gasteiger partial charge in [0.05, 0.1) is 26.4 Å². The molecule has 0 aromatic carbocycles. The average molecular weight is 1450 g/mol. The van der Waals surface area contributed by atoms with E-state index in [2.05, 4.69) is 113 Å². The number of esters is 4. The Morgan fingerprint density at radius 1 is 0.290 bits per heavy atom. The van der Waals surface area contributed by atoms with E-state index in [4.69, 9.17) is 37.0 Å². The van der Waals surface area contributed by atoms with Crippen molar-refractivity contribution >= 4 is 39.5 Å². The van der Waals surface area contributed by atoms with Crippen molar-refractivity contribution in [3.63, 3.8) is 0 Å². The lowest BCUT2D eigenvalue weighted by Gasteiger charge is -2.21. The van der Waals surface area contributed by atoms with Crippen molar-refractivity contribution in [3.05, 3.63) is 85.1 Å². The van der Waals surface area contributed by atoms with Crippen LogP contribution in [0.1, 0.15) is 349 Å². The predicted octanol–water partition coefficient (Wildman–Crippen LogP) is 23.0. The smallest absolute Gasteiger partial charge is 0.462 e. The van der Waals surface area contributed by atoms with E-state index in [0.29, 0.717) is 25.7 Å². The first-order valence-corrected chi connectivity index (χ1v) is 42.8. The molecule has 0 saturated heterocycles. The van der Waals surface area contributed by atoms with Gasteiger partial charge in [0.15, 0.2) is 12.2 Å². The number of ether oxygens (including phenoxy) is 4. The molecule has 0 heterocycles. The Bertz CT molecular complexity index is 2230. The molecule has 580 valence electrons. The first kappa shape index (κ1) is 96.2. The van der Waals surface area contributed by atoms with E-state index < -0.39 is 97.5 Å². The molecular formula is C81H144O17P2. The molecule has 0 aliphatic carbocycles. The molecular weight excluding hydrogens is 1310 g/mol. The van der Waals surface area contributed by atoms with Gasteiger partial charge in [-0.05, 0) is 141 Å². The van der Waals surface area contributed by atoms with Crippen LogP contribution in [0.4, 0.5) is 0 Å². The fourth-order valence-corrected chi connectivity index (χ4v) is 12.3. The second-order valence-corrected chi connectivity index (χ2v) is 29.6. The maximum absolute atomic E-state index is 13.1. The first-order chi connectivity index (χ1) is 48.7. The summed E-state index contributed by atoms with van der Waals surface area (Å²) in [4.78, 5) is 73.0. The molecule has 100 heavy (non-hydrogen) atoms. The Morgan fingerprint density at radius 3 is 0.840 bits per heavy atom. The van der Waals surface area contributed by atoms with Crippen LogP contribution in [-0.2, 0) is 65.4 Å². The van der Waals surface area contributed by atoms with Crippen LogP contribution in [0.25, 0.3) is 0 Å². The number of allylic oxidation sites excluding steroid dienone is 14. The van der Waals surface area contributed by atoms with Crippen LogP contribution < -0.4 is 0 Å². The highest BCUT2D eigenvalue weighted by Gasteiger charge is 2.30. The zero-order valence-electron chi connectivity index (χ0n) is 63.4. The molecule has 0 fully saturated rings. The lowest BCUT2D eigenvalue weighted by Crippen LogP contribution is -2.30. The minimum absolute atomic E-state index is 0.0752. The number of aliphatic hydroxyl groups is 1. The second kappa shape index (κ2) is 73.5. The maximum atomic E-state index is 13.1. The second-order valence-electron chi connectivity index (χ2n) is 26.7. The van der Waals surface area contributed by atoms with Gasteiger partial charge in [0.25, 0.3) is 0 Å². The standard InChI is InChI=1S/C81H144O17P2/c1-5-9-13-17-21-25-29-33-37-41-45-49-53-57-61-65-78(83)91-71-76(97-80(85)67-63-59-55-51-47-43-39-35-31-27-23-19-15-11-7-3)73-95-99(87,88)93-69-75(82)70-94-100(89,90)96-74-77(98-81(86)68-64-60-56-52-48-44-40-36-32-28-24-20-16-12-8-4)72-92-79(84)66-62-58-54-50-46-42-38-34-30-26-22-18-14-10-6-2/h21,24-25,27-28,31,33-40,75-77,82H,5-20,22-23,26,29-30,32,41-74H2,1-4H3,(H,87,88)(H,89,90)/b25-21-,28-24-,31-27-,37-33-,38-34-,39-35-,40-36-/t75-,76+,77+/m0/s1. The van der Waals surface area contributed by atoms with Crippen molar-refractivity contribution in [2.24, 2.45) is 0 Å². The van der Waals surface area contributed by atoms with E-state index >= 15 is 0 Å². The topological polar surface area (TPSA) is 237 Å². The zero-order valence-corrected chi connectivity index (χ0v) is 65.2. The van der Waals surface area contributed by atoms with Gasteiger partial charge in [-0.2, -0.15) is 0 Å². The van der Waals surface area contributed by atoms with E-state index in [9.17, 15) is 43.2 Å². The number of hydrogen-bond acceptors (Lipinski definition) is 15. The summed E-state index contributed by atoms with van der Waals surface area (Å²) in [5.41, 5.74) is 0. The normalized spacial score (nSPS) is 14.3. The van der Waals surface area contributed by atoms with E-state index in [1.807, 2.05) is 0 Å². The fourth-order valence-electron chi connectivity index (χ4n) is 10.7. The predicted molar refractivity (Wildman–Crippen MR) is 409 cm³/mol. The summed E-state index contributed by atoms with van der Waals surface area (Å²) in [5, 5.41) is 10.6. The molecule has 0 saturated carbocycles. The van der Waals surface area contributed by atoms with Gasteiger partial charge < -0.3 is 33.8 Å². The summed E-state index contributed by atoms with van der Waals surface area (Å²) >= 11 is 0. The number of carbonyl (C=O) groups is 4. The lowest BCUT2D eigenvalue weighted by molar-refractivity contribution is -0.161. The Morgan fingerprint density at radius 2 is 0.520 bits per heavy atom. The van der Waals surface area contributed by atoms with Crippen LogP contribution >= 0.6 is 15.6 Å². The third-order valence-corrected chi connectivity index (χ3v) is 18.7. The van der Waals surface area contributed by atoms with Crippen LogP contribution in [0.15, 0.2) is 85.1 Å². The number of carbonyl (C=O) groups excluding carboxylic acids is 4. The minimum Gasteiger partial charge on any atom is -0.462 e. The van der Waals surface area contributed by atoms with Crippen LogP contribution in [-0.4, -0.2) is 96.7 Å². The number of unbranched alkanes of at least 4 members (excludes halogenated alkanes) is 36. The van der Waals surface area contributed by atoms with Crippen LogP contribution in [0.5, 0.6) is 0 Å². The minimum atomic E-state index is -4.98. The SMILES string of the molecule is CCCCC/C=C\C/C=C\CCCCCCCC(=O)OC[C@H](COP(=O)(O)OC[C@H](O)COP(=O)(O)OC[C@@H](COC(=O)CCCCCCC/C=C\CCCCCCCC)OC(=O)CCCCCCC/C=C\C/C=C\CCCCC)OC(=O)CCCCCCC/C=C\C=C/CCCCCC. The molecule has 0 amide bonds. The third-order valence-electron chi connectivity index (χ3n) is 16.8. The number of aliphatic hydroxyl groups excluding tert-OH is 1. The summed E-state index contributed by atoms with van der Waals surface area (Å²) < 4.78 is 68.6. The zero-order chi connectivity index (χ0) is 73.2. The first-order valence-electron chi connectivity index (χ1n) is 39.8. The molecule has 0 aliphatic heterocycles. The summed E-state index contributed by atoms with van der Waals surface area (Å²) in [6, 6.07) is 0. The number of rotatable bonds is 75. The van der Waals surface area contributed by atoms with Gasteiger partial charge in [0.2, 0.25) is 0 Å². The van der Waals surface area contributed by atoms with Crippen LogP contribution in [0.3, 0.4) is 0 Å². The number of hydrogen-bond donors (Lipinski definition) is 3. The van der Waals surface area contributed by atoms with Gasteiger partial charge in [0.1, 0.15) is 19.3 Å². The van der Waals surface area contributed by atoms with Gasteiger partial charge in [-0.3, -0.25) is 37.3 Å². The summed E-state index contributed by atoms with van der Waals surface area (Å²) in [5.74, 6) is -2.21. The van der Waals surface area contributed by atoms with Crippen molar-refractivity contribution in [1.29, 1.82) is 0 Å². The van der Waals surface area contributed by atoms with Gasteiger partial charge in [-0.15, -0.1) is 0 Å². The molecule has 3 N–H and O–H groups in total. The highest BCUT2D eigenvalue weighted by Crippen LogP contribution is 2.45. The Labute approximate surface area is 608 Å². The van der Waals surface area contributed by atoms with Crippen molar-refractivity contribution in [3.8, 4) is 0 Å². The molecule has 5 atom stereocenters. The molecule has 0 radical (unpaired) electrons. The number of phosphoric ester groups is 2. The molecule has 19 heteroatoms. The molecule has 0 aliphatic rings. The molecule has 0 bridgehead atoms. The van der Waals surface area contributed by atoms with E-state index in [-0.39, 0.29) is 25.7 Å². The maximum Gasteiger partial charge on any atom is 0.472 e. The third kappa shape index (κ3) is 72.6. The molecule has 2 unspecified atom stereocenters. The largest absolute Gasteiger partial charge is 0.472 e. The van der Waals surface area contributed by atoms with Gasteiger partial charge >= 0.3 is 39.5 Å². The van der Waals surface area contributed by atoms with E-state index in [1.54, 1.807) is 0 Å². The van der Waals surface area contributed by atoms with E-state index in [1.165, 1.54) is 103 Å². The highest BCUT2D eigenvalue weighted by molar-refractivity contribution is 7.47. The average Bonchev–Trinajstić information content (AvgIpc) is 1.01. The van der Waals surface area contributed by atoms with Crippen LogP contribution in [0.2, 0.25) is 0 Å². The highest BCUT2D eigenvalue weighted by atomic mass is 31.2. The monoisotopic (exact) mass is 1450 g/mol. The van der Waals surface area contributed by atoms with E-state index in [0.717, 1.165) is 167 Å². The van der Waals surface area contributed by atoms with Gasteiger partial charge in [0, 0.05) is 25.7 Å². The molecule has 0 spiro atoms. The van der Waals surface area contributed by atoms with Crippen molar-refractivity contribution in [2.45, 2.75) is 367 Å². The quantitative estimate of drug-likeness (QED) is 0.0128.